The second kappa shape index (κ2) is 7.95. The van der Waals surface area contributed by atoms with Crippen molar-refractivity contribution >= 4 is 11.6 Å². The van der Waals surface area contributed by atoms with Gasteiger partial charge < -0.3 is 9.64 Å². The van der Waals surface area contributed by atoms with Crippen LogP contribution in [0.15, 0.2) is 42.7 Å². The van der Waals surface area contributed by atoms with E-state index >= 15 is 0 Å². The normalized spacial score (nSPS) is 11.0. The van der Waals surface area contributed by atoms with Crippen LogP contribution in [0.1, 0.15) is 44.7 Å². The van der Waals surface area contributed by atoms with Gasteiger partial charge in [-0.15, -0.1) is 0 Å². The van der Waals surface area contributed by atoms with E-state index in [0.29, 0.717) is 5.92 Å². The summed E-state index contributed by atoms with van der Waals surface area (Å²) in [4.78, 5) is 18.4. The third kappa shape index (κ3) is 4.34. The number of pyridine rings is 1. The Morgan fingerprint density at radius 2 is 1.96 bits per heavy atom. The van der Waals surface area contributed by atoms with Crippen molar-refractivity contribution in [3.05, 3.63) is 53.9 Å². The van der Waals surface area contributed by atoms with Crippen LogP contribution in [0, 0.1) is 6.92 Å². The van der Waals surface area contributed by atoms with Crippen molar-refractivity contribution in [1.82, 2.24) is 4.98 Å². The van der Waals surface area contributed by atoms with E-state index in [4.69, 9.17) is 4.74 Å². The van der Waals surface area contributed by atoms with Crippen molar-refractivity contribution in [2.24, 2.45) is 0 Å². The Morgan fingerprint density at radius 1 is 1.21 bits per heavy atom. The van der Waals surface area contributed by atoms with Crippen molar-refractivity contribution in [2.45, 2.75) is 46.6 Å². The van der Waals surface area contributed by atoms with Gasteiger partial charge in [0.2, 0.25) is 0 Å². The minimum atomic E-state index is -0.0800. The molecular weight excluding hydrogens is 300 g/mol. The van der Waals surface area contributed by atoms with Gasteiger partial charge in [0.1, 0.15) is 5.75 Å². The van der Waals surface area contributed by atoms with Gasteiger partial charge in [-0.05, 0) is 62.1 Å². The molecule has 0 unspecified atom stereocenters. The first kappa shape index (κ1) is 18.0. The van der Waals surface area contributed by atoms with E-state index in [1.54, 1.807) is 17.3 Å². The molecule has 0 aliphatic heterocycles. The minimum Gasteiger partial charge on any atom is -0.484 e. The van der Waals surface area contributed by atoms with Crippen LogP contribution in [0.3, 0.4) is 0 Å². The molecule has 0 N–H and O–H groups in total. The molecule has 0 aliphatic carbocycles. The molecule has 1 aromatic heterocycles. The average molecular weight is 326 g/mol. The number of benzene rings is 1. The maximum atomic E-state index is 12.6. The van der Waals surface area contributed by atoms with E-state index in [9.17, 15) is 4.79 Å². The summed E-state index contributed by atoms with van der Waals surface area (Å²) in [5.74, 6) is 1.12. The Labute approximate surface area is 144 Å². The van der Waals surface area contributed by atoms with Crippen LogP contribution in [0.2, 0.25) is 0 Å². The topological polar surface area (TPSA) is 42.4 Å². The molecule has 0 saturated heterocycles. The molecule has 1 aromatic carbocycles. The quantitative estimate of drug-likeness (QED) is 0.793. The van der Waals surface area contributed by atoms with E-state index in [1.165, 1.54) is 11.1 Å². The summed E-state index contributed by atoms with van der Waals surface area (Å²) in [6, 6.07) is 9.74. The highest BCUT2D eigenvalue weighted by molar-refractivity contribution is 5.94. The first-order chi connectivity index (χ1) is 11.4. The molecule has 0 atom stereocenters. The van der Waals surface area contributed by atoms with Crippen LogP contribution >= 0.6 is 0 Å². The van der Waals surface area contributed by atoms with Gasteiger partial charge in [0.25, 0.3) is 5.91 Å². The van der Waals surface area contributed by atoms with Gasteiger partial charge in [-0.25, -0.2) is 0 Å². The zero-order chi connectivity index (χ0) is 17.7. The molecule has 0 fully saturated rings. The molecule has 0 bridgehead atoms. The van der Waals surface area contributed by atoms with Crippen LogP contribution in [-0.4, -0.2) is 23.5 Å². The molecule has 24 heavy (non-hydrogen) atoms. The Bertz CT molecular complexity index is 681. The number of hydrogen-bond acceptors (Lipinski definition) is 3. The fourth-order valence-corrected chi connectivity index (χ4v) is 2.83. The van der Waals surface area contributed by atoms with E-state index in [1.807, 2.05) is 38.1 Å². The highest BCUT2D eigenvalue weighted by Gasteiger charge is 2.19. The van der Waals surface area contributed by atoms with Gasteiger partial charge in [-0.2, -0.15) is 0 Å². The van der Waals surface area contributed by atoms with E-state index in [-0.39, 0.29) is 18.6 Å². The molecule has 128 valence electrons. The number of hydrogen-bond donors (Lipinski definition) is 0. The lowest BCUT2D eigenvalue weighted by molar-refractivity contribution is -0.120. The fourth-order valence-electron chi connectivity index (χ4n) is 2.83. The van der Waals surface area contributed by atoms with Gasteiger partial charge in [0, 0.05) is 12.2 Å². The third-order valence-electron chi connectivity index (χ3n) is 3.93. The summed E-state index contributed by atoms with van der Waals surface area (Å²) in [7, 11) is 0. The van der Waals surface area contributed by atoms with Gasteiger partial charge in [-0.1, -0.05) is 19.9 Å². The summed E-state index contributed by atoms with van der Waals surface area (Å²) >= 11 is 0. The highest BCUT2D eigenvalue weighted by Crippen LogP contribution is 2.24. The van der Waals surface area contributed by atoms with Crippen molar-refractivity contribution in [3.63, 3.8) is 0 Å². The average Bonchev–Trinajstić information content (AvgIpc) is 2.53. The Balaban J connectivity index is 2.07. The van der Waals surface area contributed by atoms with Gasteiger partial charge in [-0.3, -0.25) is 9.78 Å². The number of carbonyl (C=O) groups excluding carboxylic acids is 1. The summed E-state index contributed by atoms with van der Waals surface area (Å²) < 4.78 is 5.72. The third-order valence-corrected chi connectivity index (χ3v) is 3.93. The first-order valence-corrected chi connectivity index (χ1v) is 8.35. The molecule has 0 aliphatic rings. The molecule has 0 saturated carbocycles. The predicted molar refractivity (Wildman–Crippen MR) is 97.6 cm³/mol. The van der Waals surface area contributed by atoms with E-state index < -0.39 is 0 Å². The lowest BCUT2D eigenvalue weighted by atomic mass is 9.98. The number of amides is 1. The van der Waals surface area contributed by atoms with Crippen molar-refractivity contribution < 1.29 is 9.53 Å². The molecule has 1 amide bonds. The second-order valence-corrected chi connectivity index (χ2v) is 6.53. The molecule has 4 nitrogen and oxygen atoms in total. The second-order valence-electron chi connectivity index (χ2n) is 6.53. The smallest absolute Gasteiger partial charge is 0.265 e. The highest BCUT2D eigenvalue weighted by atomic mass is 16.5. The van der Waals surface area contributed by atoms with Crippen LogP contribution in [0.4, 0.5) is 5.69 Å². The number of aromatic nitrogens is 1. The summed E-state index contributed by atoms with van der Waals surface area (Å²) in [5, 5.41) is 0. The van der Waals surface area contributed by atoms with Crippen LogP contribution in [0.25, 0.3) is 0 Å². The first-order valence-electron chi connectivity index (χ1n) is 8.35. The van der Waals surface area contributed by atoms with Gasteiger partial charge >= 0.3 is 0 Å². The van der Waals surface area contributed by atoms with Crippen LogP contribution in [-0.2, 0) is 4.79 Å². The number of ether oxygens (including phenoxy) is 1. The maximum absolute atomic E-state index is 12.6. The zero-order valence-electron chi connectivity index (χ0n) is 15.1. The lowest BCUT2D eigenvalue weighted by Gasteiger charge is -2.26. The molecule has 1 heterocycles. The Hall–Kier alpha value is -2.36. The number of anilines is 1. The Morgan fingerprint density at radius 3 is 2.50 bits per heavy atom. The maximum Gasteiger partial charge on any atom is 0.265 e. The number of carbonyl (C=O) groups is 1. The summed E-state index contributed by atoms with van der Waals surface area (Å²) in [6.07, 6.45) is 3.39. The predicted octanol–water partition coefficient (Wildman–Crippen LogP) is 4.33. The van der Waals surface area contributed by atoms with Gasteiger partial charge in [0.15, 0.2) is 6.61 Å². The molecule has 2 aromatic rings. The molecule has 0 radical (unpaired) electrons. The number of nitrogens with zero attached hydrogens (tertiary/aromatic N) is 2. The van der Waals surface area contributed by atoms with Crippen molar-refractivity contribution in [1.29, 1.82) is 0 Å². The van der Waals surface area contributed by atoms with Crippen molar-refractivity contribution in [2.75, 3.05) is 11.5 Å². The van der Waals surface area contributed by atoms with Crippen LogP contribution in [0.5, 0.6) is 5.75 Å². The standard InChI is InChI=1S/C20H26N2O2/c1-14(2)19-9-8-18(11-16(19)5)24-13-20(23)22(15(3)4)17-7-6-10-21-12-17/h6-12,14-15H,13H2,1-5H3. The molecule has 0 spiro atoms. The van der Waals surface area contributed by atoms with E-state index in [2.05, 4.69) is 31.8 Å². The van der Waals surface area contributed by atoms with E-state index in [0.717, 1.165) is 11.4 Å². The number of rotatable bonds is 6. The van der Waals surface area contributed by atoms with Crippen LogP contribution < -0.4 is 9.64 Å². The fraction of sp³-hybridized carbons (Fsp3) is 0.400. The van der Waals surface area contributed by atoms with Gasteiger partial charge in [0.05, 0.1) is 11.9 Å². The largest absolute Gasteiger partial charge is 0.484 e. The summed E-state index contributed by atoms with van der Waals surface area (Å²) in [5.41, 5.74) is 3.27. The molecule has 2 rings (SSSR count). The Kier molecular flexibility index (Phi) is 5.96. The molecule has 4 heteroatoms. The zero-order valence-corrected chi connectivity index (χ0v) is 15.1. The monoisotopic (exact) mass is 326 g/mol. The number of aryl methyl sites for hydroxylation is 1. The van der Waals surface area contributed by atoms with Crippen molar-refractivity contribution in [3.8, 4) is 5.75 Å². The molecular formula is C20H26N2O2. The SMILES string of the molecule is Cc1cc(OCC(=O)N(c2cccnc2)C(C)C)ccc1C(C)C. The summed E-state index contributed by atoms with van der Waals surface area (Å²) in [6.45, 7) is 10.4. The minimum absolute atomic E-state index is 0.00748. The lowest BCUT2D eigenvalue weighted by Crippen LogP contribution is -2.40.